The lowest BCUT2D eigenvalue weighted by atomic mass is 9.94. The van der Waals surface area contributed by atoms with Crippen molar-refractivity contribution in [2.45, 2.75) is 31.7 Å². The first-order valence-corrected chi connectivity index (χ1v) is 11.2. The van der Waals surface area contributed by atoms with Gasteiger partial charge in [0.05, 0.1) is 4.90 Å². The van der Waals surface area contributed by atoms with Gasteiger partial charge in [-0.1, -0.05) is 26.0 Å². The van der Waals surface area contributed by atoms with Crippen LogP contribution < -0.4 is 0 Å². The first kappa shape index (κ1) is 21.5. The van der Waals surface area contributed by atoms with Crippen molar-refractivity contribution < 1.29 is 17.6 Å². The van der Waals surface area contributed by atoms with Crippen molar-refractivity contribution in [1.29, 1.82) is 0 Å². The first-order chi connectivity index (χ1) is 13.7. The number of hydrogen-bond donors (Lipinski definition) is 0. The lowest BCUT2D eigenvalue weighted by Gasteiger charge is -2.34. The Labute approximate surface area is 172 Å². The Morgan fingerprint density at radius 1 is 1.03 bits per heavy atom. The molecule has 0 radical (unpaired) electrons. The molecule has 2 aromatic rings. The topological polar surface area (TPSA) is 57.7 Å². The van der Waals surface area contributed by atoms with Crippen LogP contribution in [0, 0.1) is 17.7 Å². The second-order valence-corrected chi connectivity index (χ2v) is 10.0. The molecular formula is C22H27FN2O3S. The van der Waals surface area contributed by atoms with E-state index in [9.17, 15) is 17.6 Å². The fraction of sp³-hybridized carbons (Fsp3) is 0.409. The lowest BCUT2D eigenvalue weighted by molar-refractivity contribution is 0.0785. The second kappa shape index (κ2) is 8.63. The summed E-state index contributed by atoms with van der Waals surface area (Å²) in [6.07, 6.45) is 1.03. The van der Waals surface area contributed by atoms with Crippen LogP contribution >= 0.6 is 0 Å². The third-order valence-corrected chi connectivity index (χ3v) is 7.10. The number of nitrogens with zero attached hydrogens (tertiary/aromatic N) is 2. The number of sulfonamides is 1. The van der Waals surface area contributed by atoms with Gasteiger partial charge in [0.25, 0.3) is 5.91 Å². The van der Waals surface area contributed by atoms with E-state index in [0.717, 1.165) is 12.0 Å². The van der Waals surface area contributed by atoms with Gasteiger partial charge in [-0.3, -0.25) is 4.79 Å². The van der Waals surface area contributed by atoms with Crippen LogP contribution in [0.1, 0.15) is 36.2 Å². The monoisotopic (exact) mass is 418 g/mol. The van der Waals surface area contributed by atoms with Gasteiger partial charge < -0.3 is 4.90 Å². The van der Waals surface area contributed by atoms with Crippen LogP contribution in [0.3, 0.4) is 0 Å². The Bertz CT molecular complexity index is 949. The van der Waals surface area contributed by atoms with E-state index >= 15 is 0 Å². The fourth-order valence-corrected chi connectivity index (χ4v) is 5.56. The summed E-state index contributed by atoms with van der Waals surface area (Å²) >= 11 is 0. The highest BCUT2D eigenvalue weighted by Gasteiger charge is 2.31. The predicted molar refractivity (Wildman–Crippen MR) is 110 cm³/mol. The van der Waals surface area contributed by atoms with Crippen LogP contribution in [-0.4, -0.2) is 43.7 Å². The van der Waals surface area contributed by atoms with Gasteiger partial charge in [-0.2, -0.15) is 4.31 Å². The van der Waals surface area contributed by atoms with E-state index < -0.39 is 10.0 Å². The van der Waals surface area contributed by atoms with E-state index in [1.807, 2.05) is 0 Å². The van der Waals surface area contributed by atoms with Crippen molar-refractivity contribution in [3.63, 3.8) is 0 Å². The summed E-state index contributed by atoms with van der Waals surface area (Å²) in [5, 5.41) is 0. The zero-order valence-electron chi connectivity index (χ0n) is 17.0. The van der Waals surface area contributed by atoms with Crippen molar-refractivity contribution >= 4 is 15.9 Å². The van der Waals surface area contributed by atoms with E-state index in [1.165, 1.54) is 29.2 Å². The summed E-state index contributed by atoms with van der Waals surface area (Å²) in [7, 11) is -1.91. The van der Waals surface area contributed by atoms with Gasteiger partial charge in [-0.25, -0.2) is 12.8 Å². The Morgan fingerprint density at radius 3 is 2.14 bits per heavy atom. The highest BCUT2D eigenvalue weighted by Crippen LogP contribution is 2.27. The maximum atomic E-state index is 13.0. The standard InChI is InChI=1S/C22H27FN2O3S/c1-16-12-17(2)14-25(13-16)29(27,28)21-10-6-19(7-11-21)22(26)24(3)15-18-4-8-20(23)9-5-18/h4-11,16-17H,12-15H2,1-3H3/t16-,17-/m1/s1. The van der Waals surface area contributed by atoms with Crippen LogP contribution in [0.5, 0.6) is 0 Å². The molecule has 0 spiro atoms. The molecule has 2 aromatic carbocycles. The molecular weight excluding hydrogens is 391 g/mol. The molecule has 1 amide bonds. The molecule has 3 rings (SSSR count). The lowest BCUT2D eigenvalue weighted by Crippen LogP contribution is -2.42. The normalized spacial score (nSPS) is 20.4. The van der Waals surface area contributed by atoms with Gasteiger partial charge in [0.2, 0.25) is 10.0 Å². The van der Waals surface area contributed by atoms with Crippen molar-refractivity contribution in [2.24, 2.45) is 11.8 Å². The van der Waals surface area contributed by atoms with E-state index in [4.69, 9.17) is 0 Å². The first-order valence-electron chi connectivity index (χ1n) is 9.77. The van der Waals surface area contributed by atoms with Crippen LogP contribution in [0.25, 0.3) is 0 Å². The number of carbonyl (C=O) groups excluding carboxylic acids is 1. The zero-order chi connectivity index (χ0) is 21.2. The number of piperidine rings is 1. The van der Waals surface area contributed by atoms with E-state index in [2.05, 4.69) is 13.8 Å². The van der Waals surface area contributed by atoms with Crippen LogP contribution in [-0.2, 0) is 16.6 Å². The summed E-state index contributed by atoms with van der Waals surface area (Å²) in [6, 6.07) is 12.1. The summed E-state index contributed by atoms with van der Waals surface area (Å²) < 4.78 is 40.5. The third-order valence-electron chi connectivity index (χ3n) is 5.25. The van der Waals surface area contributed by atoms with Crippen molar-refractivity contribution in [3.05, 3.63) is 65.5 Å². The van der Waals surface area contributed by atoms with Crippen molar-refractivity contribution in [1.82, 2.24) is 9.21 Å². The van der Waals surface area contributed by atoms with Gasteiger partial charge in [-0.05, 0) is 60.2 Å². The molecule has 0 N–H and O–H groups in total. The van der Waals surface area contributed by atoms with Crippen LogP contribution in [0.2, 0.25) is 0 Å². The largest absolute Gasteiger partial charge is 0.337 e. The van der Waals surface area contributed by atoms with Crippen molar-refractivity contribution in [3.8, 4) is 0 Å². The molecule has 2 atom stereocenters. The molecule has 1 saturated heterocycles. The number of benzene rings is 2. The van der Waals surface area contributed by atoms with Gasteiger partial charge in [-0.15, -0.1) is 0 Å². The highest BCUT2D eigenvalue weighted by molar-refractivity contribution is 7.89. The van der Waals surface area contributed by atoms with Crippen molar-refractivity contribution in [2.75, 3.05) is 20.1 Å². The van der Waals surface area contributed by atoms with Gasteiger partial charge >= 0.3 is 0 Å². The molecule has 29 heavy (non-hydrogen) atoms. The Kier molecular flexibility index (Phi) is 6.39. The molecule has 0 bridgehead atoms. The molecule has 1 aliphatic heterocycles. The Hall–Kier alpha value is -2.25. The fourth-order valence-electron chi connectivity index (χ4n) is 3.88. The van der Waals surface area contributed by atoms with Crippen LogP contribution in [0.15, 0.2) is 53.4 Å². The molecule has 0 aromatic heterocycles. The van der Waals surface area contributed by atoms with E-state index in [1.54, 1.807) is 35.6 Å². The minimum Gasteiger partial charge on any atom is -0.337 e. The van der Waals surface area contributed by atoms with E-state index in [0.29, 0.717) is 37.0 Å². The number of halogens is 1. The number of hydrogen-bond acceptors (Lipinski definition) is 3. The molecule has 0 saturated carbocycles. The average Bonchev–Trinajstić information content (AvgIpc) is 2.68. The number of amides is 1. The molecule has 1 fully saturated rings. The summed E-state index contributed by atoms with van der Waals surface area (Å²) in [5.41, 5.74) is 1.23. The minimum atomic E-state index is -3.57. The maximum absolute atomic E-state index is 13.0. The Balaban J connectivity index is 1.71. The summed E-state index contributed by atoms with van der Waals surface area (Å²) in [5.74, 6) is 0.111. The molecule has 1 heterocycles. The average molecular weight is 419 g/mol. The molecule has 156 valence electrons. The third kappa shape index (κ3) is 5.03. The Morgan fingerprint density at radius 2 is 1.59 bits per heavy atom. The molecule has 0 aliphatic carbocycles. The molecule has 7 heteroatoms. The molecule has 5 nitrogen and oxygen atoms in total. The number of rotatable bonds is 5. The quantitative estimate of drug-likeness (QED) is 0.743. The SMILES string of the molecule is C[C@@H]1C[C@@H](C)CN(S(=O)(=O)c2ccc(C(=O)N(C)Cc3ccc(F)cc3)cc2)C1. The number of carbonyl (C=O) groups is 1. The zero-order valence-corrected chi connectivity index (χ0v) is 17.8. The summed E-state index contributed by atoms with van der Waals surface area (Å²) in [6.45, 7) is 5.51. The van der Waals surface area contributed by atoms with Crippen LogP contribution in [0.4, 0.5) is 4.39 Å². The van der Waals surface area contributed by atoms with Gasteiger partial charge in [0, 0.05) is 32.2 Å². The summed E-state index contributed by atoms with van der Waals surface area (Å²) in [4.78, 5) is 14.4. The molecule has 1 aliphatic rings. The highest BCUT2D eigenvalue weighted by atomic mass is 32.2. The second-order valence-electron chi connectivity index (χ2n) is 8.08. The molecule has 0 unspecified atom stereocenters. The smallest absolute Gasteiger partial charge is 0.253 e. The van der Waals surface area contributed by atoms with E-state index in [-0.39, 0.29) is 16.6 Å². The van der Waals surface area contributed by atoms with Gasteiger partial charge in [0.1, 0.15) is 5.82 Å². The van der Waals surface area contributed by atoms with Gasteiger partial charge in [0.15, 0.2) is 0 Å². The minimum absolute atomic E-state index is 0.205. The predicted octanol–water partition coefficient (Wildman–Crippen LogP) is 3.76. The maximum Gasteiger partial charge on any atom is 0.253 e.